The molecule has 0 aliphatic heterocycles. The number of aromatic nitrogens is 4. The summed E-state index contributed by atoms with van der Waals surface area (Å²) < 4.78 is 3.12. The van der Waals surface area contributed by atoms with Crippen LogP contribution in [0.5, 0.6) is 0 Å². The Balaban J connectivity index is 1.81. The van der Waals surface area contributed by atoms with E-state index in [0.717, 1.165) is 5.69 Å². The summed E-state index contributed by atoms with van der Waals surface area (Å²) in [5.41, 5.74) is 1.85. The van der Waals surface area contributed by atoms with Crippen LogP contribution >= 0.6 is 23.2 Å². The third kappa shape index (κ3) is 2.81. The highest BCUT2D eigenvalue weighted by molar-refractivity contribution is 6.35. The van der Waals surface area contributed by atoms with Gasteiger partial charge in [-0.15, -0.1) is 0 Å². The van der Waals surface area contributed by atoms with Gasteiger partial charge < -0.3 is 0 Å². The van der Waals surface area contributed by atoms with Gasteiger partial charge in [0.2, 0.25) is 0 Å². The van der Waals surface area contributed by atoms with Crippen molar-refractivity contribution in [1.29, 1.82) is 0 Å². The number of nitrogens with zero attached hydrogens (tertiary/aromatic N) is 4. The van der Waals surface area contributed by atoms with Gasteiger partial charge in [-0.3, -0.25) is 9.36 Å². The Morgan fingerprint density at radius 1 is 0.960 bits per heavy atom. The smallest absolute Gasteiger partial charge is 0.264 e. The molecule has 0 bridgehead atoms. The SMILES string of the molecule is O=c1c2cnn(-c3ccccc3)c2ncn1Cc1c(Cl)cccc1Cl. The molecule has 0 saturated carbocycles. The lowest BCUT2D eigenvalue weighted by Crippen LogP contribution is -2.21. The molecule has 0 atom stereocenters. The van der Waals surface area contributed by atoms with E-state index in [1.165, 1.54) is 17.1 Å². The molecule has 124 valence electrons. The predicted molar refractivity (Wildman–Crippen MR) is 98.7 cm³/mol. The normalized spacial score (nSPS) is 11.1. The molecule has 0 saturated heterocycles. The van der Waals surface area contributed by atoms with Gasteiger partial charge in [0.15, 0.2) is 5.65 Å². The number of hydrogen-bond acceptors (Lipinski definition) is 3. The van der Waals surface area contributed by atoms with E-state index in [-0.39, 0.29) is 12.1 Å². The largest absolute Gasteiger partial charge is 0.294 e. The Kier molecular flexibility index (Phi) is 4.03. The molecule has 0 radical (unpaired) electrons. The summed E-state index contributed by atoms with van der Waals surface area (Å²) in [5.74, 6) is 0. The van der Waals surface area contributed by atoms with Gasteiger partial charge in [0.25, 0.3) is 5.56 Å². The van der Waals surface area contributed by atoms with E-state index >= 15 is 0 Å². The Morgan fingerprint density at radius 3 is 2.40 bits per heavy atom. The number of halogens is 2. The van der Waals surface area contributed by atoms with Crippen LogP contribution in [0.15, 0.2) is 65.8 Å². The predicted octanol–water partition coefficient (Wildman–Crippen LogP) is 3.94. The summed E-state index contributed by atoms with van der Waals surface area (Å²) in [4.78, 5) is 17.2. The van der Waals surface area contributed by atoms with Gasteiger partial charge in [0.05, 0.1) is 18.4 Å². The second-order valence-corrected chi connectivity index (χ2v) is 6.32. The molecule has 2 heterocycles. The average molecular weight is 371 g/mol. The molecule has 25 heavy (non-hydrogen) atoms. The number of para-hydroxylation sites is 1. The van der Waals surface area contributed by atoms with Crippen LogP contribution in [0.1, 0.15) is 5.56 Å². The highest BCUT2D eigenvalue weighted by Gasteiger charge is 2.13. The van der Waals surface area contributed by atoms with Gasteiger partial charge in [0, 0.05) is 15.6 Å². The summed E-state index contributed by atoms with van der Waals surface area (Å²) in [6.07, 6.45) is 3.02. The zero-order chi connectivity index (χ0) is 17.4. The van der Waals surface area contributed by atoms with Crippen molar-refractivity contribution < 1.29 is 0 Å². The average Bonchev–Trinajstić information content (AvgIpc) is 3.06. The van der Waals surface area contributed by atoms with E-state index in [4.69, 9.17) is 23.2 Å². The molecular formula is C18H12Cl2N4O. The summed E-state index contributed by atoms with van der Waals surface area (Å²) in [7, 11) is 0. The highest BCUT2D eigenvalue weighted by Crippen LogP contribution is 2.24. The van der Waals surface area contributed by atoms with Crippen molar-refractivity contribution in [2.24, 2.45) is 0 Å². The standard InChI is InChI=1S/C18H12Cl2N4O/c19-15-7-4-8-16(20)14(15)10-23-11-21-17-13(18(23)25)9-22-24(17)12-5-2-1-3-6-12/h1-9,11H,10H2. The molecular weight excluding hydrogens is 359 g/mol. The van der Waals surface area contributed by atoms with Crippen LogP contribution in [-0.2, 0) is 6.54 Å². The first-order valence-corrected chi connectivity index (χ1v) is 8.32. The van der Waals surface area contributed by atoms with Crippen LogP contribution < -0.4 is 5.56 Å². The molecule has 4 rings (SSSR count). The minimum atomic E-state index is -0.192. The van der Waals surface area contributed by atoms with Gasteiger partial charge in [0.1, 0.15) is 11.7 Å². The number of hydrogen-bond donors (Lipinski definition) is 0. The van der Waals surface area contributed by atoms with Crippen LogP contribution in [0.25, 0.3) is 16.7 Å². The van der Waals surface area contributed by atoms with Crippen LogP contribution in [0.4, 0.5) is 0 Å². The molecule has 5 nitrogen and oxygen atoms in total. The molecule has 0 unspecified atom stereocenters. The number of benzene rings is 2. The summed E-state index contributed by atoms with van der Waals surface area (Å²) in [6.45, 7) is 0.247. The van der Waals surface area contributed by atoms with Gasteiger partial charge in [-0.05, 0) is 24.3 Å². The fourth-order valence-corrected chi connectivity index (χ4v) is 3.19. The van der Waals surface area contributed by atoms with E-state index in [1.54, 1.807) is 22.9 Å². The molecule has 2 aromatic carbocycles. The summed E-state index contributed by atoms with van der Waals surface area (Å²) in [6, 6.07) is 14.8. The summed E-state index contributed by atoms with van der Waals surface area (Å²) in [5, 5.41) is 5.76. The second-order valence-electron chi connectivity index (χ2n) is 5.51. The monoisotopic (exact) mass is 370 g/mol. The lowest BCUT2D eigenvalue weighted by atomic mass is 10.2. The fraction of sp³-hybridized carbons (Fsp3) is 0.0556. The Morgan fingerprint density at radius 2 is 1.68 bits per heavy atom. The quantitative estimate of drug-likeness (QED) is 0.548. The van der Waals surface area contributed by atoms with Gasteiger partial charge >= 0.3 is 0 Å². The Labute approximate surface area is 153 Å². The lowest BCUT2D eigenvalue weighted by molar-refractivity contribution is 0.746. The van der Waals surface area contributed by atoms with Crippen molar-refractivity contribution >= 4 is 34.2 Å². The van der Waals surface area contributed by atoms with Crippen molar-refractivity contribution in [3.8, 4) is 5.69 Å². The fourth-order valence-electron chi connectivity index (χ4n) is 2.67. The maximum atomic E-state index is 12.8. The molecule has 2 aromatic heterocycles. The minimum Gasteiger partial charge on any atom is -0.294 e. The zero-order valence-corrected chi connectivity index (χ0v) is 14.4. The van der Waals surface area contributed by atoms with Crippen molar-refractivity contribution in [3.63, 3.8) is 0 Å². The number of rotatable bonds is 3. The number of fused-ring (bicyclic) bond motifs is 1. The van der Waals surface area contributed by atoms with Crippen molar-refractivity contribution in [2.45, 2.75) is 6.54 Å². The first-order chi connectivity index (χ1) is 12.1. The van der Waals surface area contributed by atoms with Crippen molar-refractivity contribution in [3.05, 3.63) is 87.0 Å². The van der Waals surface area contributed by atoms with E-state index in [9.17, 15) is 4.79 Å². The molecule has 4 aromatic rings. The molecule has 0 aliphatic rings. The van der Waals surface area contributed by atoms with Crippen LogP contribution in [0.3, 0.4) is 0 Å². The first-order valence-electron chi connectivity index (χ1n) is 7.56. The highest BCUT2D eigenvalue weighted by atomic mass is 35.5. The molecule has 0 N–H and O–H groups in total. The van der Waals surface area contributed by atoms with Gasteiger partial charge in [-0.1, -0.05) is 47.5 Å². The topological polar surface area (TPSA) is 52.7 Å². The third-order valence-electron chi connectivity index (χ3n) is 3.95. The van der Waals surface area contributed by atoms with E-state index < -0.39 is 0 Å². The lowest BCUT2D eigenvalue weighted by Gasteiger charge is -2.09. The van der Waals surface area contributed by atoms with Gasteiger partial charge in [-0.25, -0.2) is 9.67 Å². The van der Waals surface area contributed by atoms with Crippen LogP contribution in [0.2, 0.25) is 10.0 Å². The Hall–Kier alpha value is -2.63. The maximum Gasteiger partial charge on any atom is 0.264 e. The minimum absolute atomic E-state index is 0.192. The molecule has 0 fully saturated rings. The van der Waals surface area contributed by atoms with E-state index in [0.29, 0.717) is 26.6 Å². The van der Waals surface area contributed by atoms with Gasteiger partial charge in [-0.2, -0.15) is 5.10 Å². The second kappa shape index (κ2) is 6.35. The molecule has 0 spiro atoms. The molecule has 0 aliphatic carbocycles. The van der Waals surface area contributed by atoms with Crippen molar-refractivity contribution in [2.75, 3.05) is 0 Å². The van der Waals surface area contributed by atoms with E-state index in [1.807, 2.05) is 30.3 Å². The molecule has 0 amide bonds. The summed E-state index contributed by atoms with van der Waals surface area (Å²) >= 11 is 12.4. The van der Waals surface area contributed by atoms with Crippen molar-refractivity contribution in [1.82, 2.24) is 19.3 Å². The maximum absolute atomic E-state index is 12.8. The van der Waals surface area contributed by atoms with E-state index in [2.05, 4.69) is 10.1 Å². The van der Waals surface area contributed by atoms with Crippen LogP contribution in [0, 0.1) is 0 Å². The third-order valence-corrected chi connectivity index (χ3v) is 4.65. The Bertz CT molecular complexity index is 1100. The zero-order valence-electron chi connectivity index (χ0n) is 12.9. The first kappa shape index (κ1) is 15.9. The van der Waals surface area contributed by atoms with Crippen LogP contribution in [-0.4, -0.2) is 19.3 Å². The molecule has 7 heteroatoms.